The highest BCUT2D eigenvalue weighted by molar-refractivity contribution is 5.35. The average Bonchev–Trinajstić information content (AvgIpc) is 2.60. The summed E-state index contributed by atoms with van der Waals surface area (Å²) in [6, 6.07) is 0. The molecule has 0 heteroatoms. The summed E-state index contributed by atoms with van der Waals surface area (Å²) in [7, 11) is 0. The van der Waals surface area contributed by atoms with E-state index in [0.29, 0.717) is 0 Å². The molecule has 0 spiro atoms. The largest absolute Gasteiger partial charge is 0.0778 e. The first-order valence-corrected chi connectivity index (χ1v) is 4.76. The van der Waals surface area contributed by atoms with Gasteiger partial charge in [0.2, 0.25) is 0 Å². The molecule has 0 amide bonds. The van der Waals surface area contributed by atoms with E-state index in [0.717, 1.165) is 11.8 Å². The van der Waals surface area contributed by atoms with Crippen LogP contribution in [0.3, 0.4) is 0 Å². The molecule has 0 atom stereocenters. The molecule has 0 heterocycles. The Labute approximate surface area is 69.0 Å². The van der Waals surface area contributed by atoms with Crippen molar-refractivity contribution in [3.63, 3.8) is 0 Å². The van der Waals surface area contributed by atoms with Gasteiger partial charge in [-0.05, 0) is 25.2 Å². The van der Waals surface area contributed by atoms with Crippen LogP contribution in [0.4, 0.5) is 0 Å². The Bertz CT molecular complexity index is 198. The Hall–Kier alpha value is -0.520. The summed E-state index contributed by atoms with van der Waals surface area (Å²) in [5, 5.41) is 0. The molecule has 0 nitrogen and oxygen atoms in total. The monoisotopic (exact) mass is 148 g/mol. The fourth-order valence-electron chi connectivity index (χ4n) is 2.51. The van der Waals surface area contributed by atoms with Gasteiger partial charge in [0.25, 0.3) is 0 Å². The van der Waals surface area contributed by atoms with Crippen LogP contribution < -0.4 is 0 Å². The third-order valence-electron chi connectivity index (χ3n) is 3.08. The van der Waals surface area contributed by atoms with Gasteiger partial charge in [-0.25, -0.2) is 0 Å². The molecule has 0 radical (unpaired) electrons. The van der Waals surface area contributed by atoms with Crippen LogP contribution >= 0.6 is 0 Å². The van der Waals surface area contributed by atoms with E-state index in [1.54, 1.807) is 11.1 Å². The normalized spacial score (nSPS) is 34.0. The third-order valence-corrected chi connectivity index (χ3v) is 3.08. The van der Waals surface area contributed by atoms with Crippen LogP contribution in [-0.4, -0.2) is 0 Å². The minimum atomic E-state index is 0.810. The summed E-state index contributed by atoms with van der Waals surface area (Å²) >= 11 is 0. The second kappa shape index (κ2) is 2.51. The van der Waals surface area contributed by atoms with Crippen molar-refractivity contribution in [2.24, 2.45) is 11.8 Å². The van der Waals surface area contributed by atoms with E-state index in [2.05, 4.69) is 26.0 Å². The van der Waals surface area contributed by atoms with Crippen LogP contribution in [-0.2, 0) is 0 Å². The molecular formula is C11H16. The molecular weight excluding hydrogens is 132 g/mol. The smallest absolute Gasteiger partial charge is 0.00157 e. The second-order valence-corrected chi connectivity index (χ2v) is 3.64. The van der Waals surface area contributed by atoms with Crippen molar-refractivity contribution in [3.8, 4) is 0 Å². The molecule has 0 unspecified atom stereocenters. The van der Waals surface area contributed by atoms with Crippen molar-refractivity contribution in [3.05, 3.63) is 23.3 Å². The Morgan fingerprint density at radius 1 is 1.18 bits per heavy atom. The van der Waals surface area contributed by atoms with Crippen molar-refractivity contribution >= 4 is 0 Å². The van der Waals surface area contributed by atoms with Crippen LogP contribution in [0, 0.1) is 11.8 Å². The number of hydrogen-bond donors (Lipinski definition) is 0. The van der Waals surface area contributed by atoms with Gasteiger partial charge in [0, 0.05) is 5.92 Å². The van der Waals surface area contributed by atoms with E-state index < -0.39 is 0 Å². The highest BCUT2D eigenvalue weighted by atomic mass is 14.4. The molecule has 0 aromatic rings. The van der Waals surface area contributed by atoms with Gasteiger partial charge in [0.05, 0.1) is 0 Å². The van der Waals surface area contributed by atoms with Gasteiger partial charge in [-0.15, -0.1) is 0 Å². The summed E-state index contributed by atoms with van der Waals surface area (Å²) in [6.45, 7) is 4.56. The molecule has 0 saturated heterocycles. The molecule has 60 valence electrons. The van der Waals surface area contributed by atoms with Crippen LogP contribution in [0.25, 0.3) is 0 Å². The maximum Gasteiger partial charge on any atom is 0.00157 e. The van der Waals surface area contributed by atoms with Crippen LogP contribution in [0.2, 0.25) is 0 Å². The van der Waals surface area contributed by atoms with E-state index in [-0.39, 0.29) is 0 Å². The predicted molar refractivity (Wildman–Crippen MR) is 48.3 cm³/mol. The first-order chi connectivity index (χ1) is 5.35. The Balaban J connectivity index is 2.19. The van der Waals surface area contributed by atoms with E-state index in [1.807, 2.05) is 0 Å². The number of rotatable bonds is 2. The fourth-order valence-corrected chi connectivity index (χ4v) is 2.51. The maximum atomic E-state index is 2.48. The highest BCUT2D eigenvalue weighted by Crippen LogP contribution is 2.45. The van der Waals surface area contributed by atoms with Crippen molar-refractivity contribution in [2.75, 3.05) is 0 Å². The topological polar surface area (TPSA) is 0 Å². The van der Waals surface area contributed by atoms with Crippen molar-refractivity contribution in [1.29, 1.82) is 0 Å². The van der Waals surface area contributed by atoms with Gasteiger partial charge in [-0.1, -0.05) is 37.1 Å². The molecule has 0 aromatic carbocycles. The second-order valence-electron chi connectivity index (χ2n) is 3.64. The van der Waals surface area contributed by atoms with Gasteiger partial charge in [0.15, 0.2) is 0 Å². The third kappa shape index (κ3) is 0.962. The van der Waals surface area contributed by atoms with Gasteiger partial charge < -0.3 is 0 Å². The molecule has 11 heavy (non-hydrogen) atoms. The summed E-state index contributed by atoms with van der Waals surface area (Å²) in [5.74, 6) is 1.67. The highest BCUT2D eigenvalue weighted by Gasteiger charge is 2.31. The summed E-state index contributed by atoms with van der Waals surface area (Å²) < 4.78 is 0. The first-order valence-electron chi connectivity index (χ1n) is 4.76. The first kappa shape index (κ1) is 7.15. The summed E-state index contributed by atoms with van der Waals surface area (Å²) in [6.07, 6.45) is 8.87. The lowest BCUT2D eigenvalue weighted by molar-refractivity contribution is 0.665. The molecule has 0 aliphatic heterocycles. The minimum Gasteiger partial charge on any atom is -0.0778 e. The minimum absolute atomic E-state index is 0.810. The zero-order valence-corrected chi connectivity index (χ0v) is 7.43. The summed E-state index contributed by atoms with van der Waals surface area (Å²) in [5.41, 5.74) is 3.41. The van der Waals surface area contributed by atoms with Crippen molar-refractivity contribution in [1.82, 2.24) is 0 Å². The van der Waals surface area contributed by atoms with E-state index in [1.165, 1.54) is 19.3 Å². The van der Waals surface area contributed by atoms with E-state index >= 15 is 0 Å². The predicted octanol–water partition coefficient (Wildman–Crippen LogP) is 3.31. The molecule has 2 aliphatic rings. The van der Waals surface area contributed by atoms with Crippen molar-refractivity contribution < 1.29 is 0 Å². The zero-order chi connectivity index (χ0) is 7.84. The molecule has 2 bridgehead atoms. The lowest BCUT2D eigenvalue weighted by Gasteiger charge is -2.14. The van der Waals surface area contributed by atoms with Crippen molar-refractivity contribution in [2.45, 2.75) is 33.1 Å². The number of hydrogen-bond acceptors (Lipinski definition) is 0. The van der Waals surface area contributed by atoms with E-state index in [9.17, 15) is 0 Å². The Kier molecular flexibility index (Phi) is 1.63. The lowest BCUT2D eigenvalue weighted by Crippen LogP contribution is -1.99. The van der Waals surface area contributed by atoms with Crippen LogP contribution in [0.1, 0.15) is 33.1 Å². The van der Waals surface area contributed by atoms with Gasteiger partial charge in [-0.3, -0.25) is 0 Å². The molecule has 0 aromatic heterocycles. The maximum absolute atomic E-state index is 2.48. The number of allylic oxidation sites excluding steroid dienone is 4. The Morgan fingerprint density at radius 2 is 1.73 bits per heavy atom. The zero-order valence-electron chi connectivity index (χ0n) is 7.43. The van der Waals surface area contributed by atoms with Crippen LogP contribution in [0.15, 0.2) is 23.3 Å². The molecule has 0 N–H and O–H groups in total. The molecule has 2 rings (SSSR count). The standard InChI is InChI=1S/C11H16/c1-3-9-5-8-6-10(4-2)11(9)7-8/h5-6,8,11H,3-4,7H2,1-2H3. The van der Waals surface area contributed by atoms with Gasteiger partial charge in [0.1, 0.15) is 0 Å². The van der Waals surface area contributed by atoms with Gasteiger partial charge >= 0.3 is 0 Å². The quantitative estimate of drug-likeness (QED) is 0.527. The average molecular weight is 148 g/mol. The summed E-state index contributed by atoms with van der Waals surface area (Å²) in [4.78, 5) is 0. The fraction of sp³-hybridized carbons (Fsp3) is 0.636. The SMILES string of the molecule is CCC1=CC2C=C(CC)C1C2. The molecule has 0 saturated carbocycles. The Morgan fingerprint density at radius 3 is 2.09 bits per heavy atom. The van der Waals surface area contributed by atoms with E-state index in [4.69, 9.17) is 0 Å². The lowest BCUT2D eigenvalue weighted by atomic mass is 9.92. The molecule has 0 fully saturated rings. The number of fused-ring (bicyclic) bond motifs is 2. The van der Waals surface area contributed by atoms with Crippen LogP contribution in [0.5, 0.6) is 0 Å². The molecule has 2 aliphatic carbocycles. The van der Waals surface area contributed by atoms with Gasteiger partial charge in [-0.2, -0.15) is 0 Å².